The highest BCUT2D eigenvalue weighted by atomic mass is 31.2. The largest absolute Gasteiger partial charge is 0.472 e. The molecule has 0 aromatic rings. The summed E-state index contributed by atoms with van der Waals surface area (Å²) in [7, 11) is -9.91. The molecule has 98 heavy (non-hydrogen) atoms. The van der Waals surface area contributed by atoms with Crippen LogP contribution in [-0.4, -0.2) is 96.7 Å². The van der Waals surface area contributed by atoms with Gasteiger partial charge in [-0.1, -0.05) is 369 Å². The summed E-state index contributed by atoms with van der Waals surface area (Å²) in [5.41, 5.74) is 0. The van der Waals surface area contributed by atoms with Crippen LogP contribution in [-0.2, 0) is 65.4 Å². The van der Waals surface area contributed by atoms with E-state index >= 15 is 0 Å². The van der Waals surface area contributed by atoms with Gasteiger partial charge in [0.05, 0.1) is 26.4 Å². The standard InChI is InChI=1S/C79H154O17P2/c1-6-10-13-16-19-22-25-27-29-31-32-34-36-38-40-43-49-54-59-64-78(83)95-74(68-90-77(82)63-58-53-48-42-39-37-35-33-30-28-26-23-20-17-14-11-7-2)70-93-97(85,86)91-66-73(80)67-92-98(87,88)94-71-75(69-89-76(81)62-57-52-47-41-24-21-18-15-12-8-3)96-79(84)65-60-55-50-45-44-46-51-56-61-72(5)9-4/h72-75,80H,6-71H2,1-5H3,(H,85,86)(H,87,88)/t72?,73-,74-,75-/m1/s1. The summed E-state index contributed by atoms with van der Waals surface area (Å²) in [6, 6.07) is 0. The number of phosphoric acid groups is 2. The third-order valence-electron chi connectivity index (χ3n) is 18.9. The maximum atomic E-state index is 13.1. The topological polar surface area (TPSA) is 237 Å². The van der Waals surface area contributed by atoms with E-state index < -0.39 is 97.5 Å². The van der Waals surface area contributed by atoms with E-state index in [9.17, 15) is 43.2 Å². The molecule has 0 saturated carbocycles. The van der Waals surface area contributed by atoms with E-state index in [-0.39, 0.29) is 25.7 Å². The third kappa shape index (κ3) is 71.1. The molecule has 0 aliphatic heterocycles. The Balaban J connectivity index is 5.23. The van der Waals surface area contributed by atoms with Crippen LogP contribution in [0.3, 0.4) is 0 Å². The Bertz CT molecular complexity index is 1880. The zero-order chi connectivity index (χ0) is 71.9. The van der Waals surface area contributed by atoms with Gasteiger partial charge >= 0.3 is 39.5 Å². The van der Waals surface area contributed by atoms with Crippen molar-refractivity contribution in [3.63, 3.8) is 0 Å². The van der Waals surface area contributed by atoms with Crippen LogP contribution in [0.4, 0.5) is 0 Å². The highest BCUT2D eigenvalue weighted by Crippen LogP contribution is 2.45. The number of esters is 4. The summed E-state index contributed by atoms with van der Waals surface area (Å²) in [6.07, 6.45) is 62.4. The maximum absolute atomic E-state index is 13.1. The van der Waals surface area contributed by atoms with E-state index in [2.05, 4.69) is 34.6 Å². The molecule has 0 fully saturated rings. The second-order valence-corrected chi connectivity index (χ2v) is 31.6. The van der Waals surface area contributed by atoms with Crippen molar-refractivity contribution < 1.29 is 80.2 Å². The molecule has 0 aliphatic carbocycles. The van der Waals surface area contributed by atoms with E-state index in [4.69, 9.17) is 37.0 Å². The lowest BCUT2D eigenvalue weighted by Crippen LogP contribution is -2.30. The van der Waals surface area contributed by atoms with Crippen LogP contribution in [0.2, 0.25) is 0 Å². The molecule has 0 aliphatic rings. The first-order chi connectivity index (χ1) is 47.6. The first kappa shape index (κ1) is 96.1. The van der Waals surface area contributed by atoms with E-state index in [0.717, 1.165) is 95.8 Å². The number of rotatable bonds is 79. The van der Waals surface area contributed by atoms with Crippen LogP contribution < -0.4 is 0 Å². The van der Waals surface area contributed by atoms with Crippen molar-refractivity contribution in [2.45, 2.75) is 438 Å². The normalized spacial score (nSPS) is 14.2. The number of unbranched alkanes of at least 4 members (excludes halogenated alkanes) is 50. The number of carbonyl (C=O) groups excluding carboxylic acids is 4. The number of aliphatic hydroxyl groups is 1. The predicted octanol–water partition coefficient (Wildman–Crippen LogP) is 23.6. The Morgan fingerprint density at radius 2 is 0.490 bits per heavy atom. The molecule has 0 saturated heterocycles. The van der Waals surface area contributed by atoms with Gasteiger partial charge in [0, 0.05) is 25.7 Å². The molecular weight excluding hydrogens is 1280 g/mol. The van der Waals surface area contributed by atoms with Gasteiger partial charge in [-0.2, -0.15) is 0 Å². The van der Waals surface area contributed by atoms with Crippen molar-refractivity contribution in [3.05, 3.63) is 0 Å². The summed E-state index contributed by atoms with van der Waals surface area (Å²) in [6.45, 7) is 7.30. The minimum atomic E-state index is -4.96. The van der Waals surface area contributed by atoms with Gasteiger partial charge in [0.1, 0.15) is 19.3 Å². The molecule has 0 aromatic carbocycles. The molecule has 0 heterocycles. The third-order valence-corrected chi connectivity index (χ3v) is 20.8. The summed E-state index contributed by atoms with van der Waals surface area (Å²) < 4.78 is 68.6. The van der Waals surface area contributed by atoms with Crippen molar-refractivity contribution in [2.75, 3.05) is 39.6 Å². The molecule has 19 heteroatoms. The highest BCUT2D eigenvalue weighted by Gasteiger charge is 2.30. The van der Waals surface area contributed by atoms with Crippen LogP contribution in [0.25, 0.3) is 0 Å². The van der Waals surface area contributed by atoms with Gasteiger partial charge in [-0.05, 0) is 31.6 Å². The summed E-state index contributed by atoms with van der Waals surface area (Å²) in [5.74, 6) is -1.34. The SMILES string of the molecule is CCCCCCCCCCCCCCCCCCCCCC(=O)O[C@H](COC(=O)CCCCCCCCCCCCCCCCCCC)COP(=O)(O)OC[C@@H](O)COP(=O)(O)OC[C@@H](COC(=O)CCCCCCCCCCCC)OC(=O)CCCCCCCCCCC(C)CC. The Hall–Kier alpha value is -1.94. The number of phosphoric ester groups is 2. The molecule has 17 nitrogen and oxygen atoms in total. The van der Waals surface area contributed by atoms with Crippen LogP contribution in [0.1, 0.15) is 420 Å². The van der Waals surface area contributed by atoms with Crippen LogP contribution in [0, 0.1) is 5.92 Å². The van der Waals surface area contributed by atoms with Crippen LogP contribution in [0.5, 0.6) is 0 Å². The van der Waals surface area contributed by atoms with E-state index in [1.165, 1.54) is 244 Å². The first-order valence-corrected chi connectivity index (χ1v) is 44.2. The molecule has 0 radical (unpaired) electrons. The second-order valence-electron chi connectivity index (χ2n) is 28.7. The predicted molar refractivity (Wildman–Crippen MR) is 400 cm³/mol. The van der Waals surface area contributed by atoms with Crippen molar-refractivity contribution in [2.24, 2.45) is 5.92 Å². The summed E-state index contributed by atoms with van der Waals surface area (Å²) >= 11 is 0. The lowest BCUT2D eigenvalue weighted by atomic mass is 9.99. The summed E-state index contributed by atoms with van der Waals surface area (Å²) in [5, 5.41) is 10.6. The smallest absolute Gasteiger partial charge is 0.462 e. The fraction of sp³-hybridized carbons (Fsp3) is 0.949. The monoisotopic (exact) mass is 1440 g/mol. The van der Waals surface area contributed by atoms with Gasteiger partial charge in [-0.15, -0.1) is 0 Å². The van der Waals surface area contributed by atoms with Crippen molar-refractivity contribution >= 4 is 39.5 Å². The van der Waals surface area contributed by atoms with Gasteiger partial charge in [0.2, 0.25) is 0 Å². The molecule has 3 N–H and O–H groups in total. The summed E-state index contributed by atoms with van der Waals surface area (Å²) in [4.78, 5) is 72.9. The van der Waals surface area contributed by atoms with Crippen LogP contribution in [0.15, 0.2) is 0 Å². The molecule has 6 atom stereocenters. The Morgan fingerprint density at radius 3 is 0.724 bits per heavy atom. The Kier molecular flexibility index (Phi) is 70.6. The molecule has 0 rings (SSSR count). The van der Waals surface area contributed by atoms with E-state index in [1.54, 1.807) is 0 Å². The molecule has 582 valence electrons. The van der Waals surface area contributed by atoms with Gasteiger partial charge in [0.25, 0.3) is 0 Å². The fourth-order valence-electron chi connectivity index (χ4n) is 12.2. The van der Waals surface area contributed by atoms with Gasteiger partial charge in [-0.25, -0.2) is 9.13 Å². The second kappa shape index (κ2) is 72.0. The lowest BCUT2D eigenvalue weighted by Gasteiger charge is -2.21. The number of hydrogen-bond acceptors (Lipinski definition) is 15. The average molecular weight is 1440 g/mol. The van der Waals surface area contributed by atoms with Gasteiger partial charge in [-0.3, -0.25) is 37.3 Å². The number of carbonyl (C=O) groups is 4. The van der Waals surface area contributed by atoms with Crippen molar-refractivity contribution in [1.82, 2.24) is 0 Å². The molecule has 3 unspecified atom stereocenters. The molecule has 0 bridgehead atoms. The zero-order valence-electron chi connectivity index (χ0n) is 63.9. The minimum absolute atomic E-state index is 0.106. The van der Waals surface area contributed by atoms with Crippen LogP contribution >= 0.6 is 15.6 Å². The zero-order valence-corrected chi connectivity index (χ0v) is 65.7. The maximum Gasteiger partial charge on any atom is 0.472 e. The lowest BCUT2D eigenvalue weighted by molar-refractivity contribution is -0.161. The van der Waals surface area contributed by atoms with Gasteiger partial charge < -0.3 is 33.8 Å². The van der Waals surface area contributed by atoms with E-state index in [1.807, 2.05) is 0 Å². The van der Waals surface area contributed by atoms with Gasteiger partial charge in [0.15, 0.2) is 12.2 Å². The highest BCUT2D eigenvalue weighted by molar-refractivity contribution is 7.47. The van der Waals surface area contributed by atoms with E-state index in [0.29, 0.717) is 25.7 Å². The molecule has 0 amide bonds. The number of hydrogen-bond donors (Lipinski definition) is 3. The molecular formula is C79H154O17P2. The minimum Gasteiger partial charge on any atom is -0.462 e. The Morgan fingerprint density at radius 1 is 0.286 bits per heavy atom. The molecule has 0 spiro atoms. The quantitative estimate of drug-likeness (QED) is 0.0222. The number of ether oxygens (including phenoxy) is 4. The first-order valence-electron chi connectivity index (χ1n) is 41.2. The Labute approximate surface area is 600 Å². The molecule has 0 aromatic heterocycles. The average Bonchev–Trinajstić information content (AvgIpc) is 1.39. The fourth-order valence-corrected chi connectivity index (χ4v) is 13.8. The van der Waals surface area contributed by atoms with Crippen molar-refractivity contribution in [3.8, 4) is 0 Å². The number of aliphatic hydroxyl groups excluding tert-OH is 1. The van der Waals surface area contributed by atoms with Crippen molar-refractivity contribution in [1.29, 1.82) is 0 Å².